The number of amides is 1. The quantitative estimate of drug-likeness (QED) is 0.530. The predicted molar refractivity (Wildman–Crippen MR) is 112 cm³/mol. The van der Waals surface area contributed by atoms with Crippen LogP contribution >= 0.6 is 12.4 Å². The number of nitrogens with zero attached hydrogens (tertiary/aromatic N) is 5. The zero-order chi connectivity index (χ0) is 20.2. The van der Waals surface area contributed by atoms with Gasteiger partial charge in [0.05, 0.1) is 12.6 Å². The lowest BCUT2D eigenvalue weighted by Gasteiger charge is -2.13. The third kappa shape index (κ3) is 5.64. The second kappa shape index (κ2) is 9.82. The SMILES string of the molecule is Cc1nonc1CNC(=O)Cn1nc(CC2CC2)nc1[C@H](N)Cc1ccccc1.Cl. The van der Waals surface area contributed by atoms with Crippen LogP contribution in [0.25, 0.3) is 0 Å². The zero-order valence-corrected chi connectivity index (χ0v) is 17.6. The summed E-state index contributed by atoms with van der Waals surface area (Å²) in [6.45, 7) is 2.09. The van der Waals surface area contributed by atoms with Crippen LogP contribution in [-0.2, 0) is 30.7 Å². The third-order valence-corrected chi connectivity index (χ3v) is 5.04. The van der Waals surface area contributed by atoms with E-state index in [1.165, 1.54) is 12.8 Å². The second-order valence-electron chi connectivity index (χ2n) is 7.56. The summed E-state index contributed by atoms with van der Waals surface area (Å²) in [5.41, 5.74) is 8.83. The highest BCUT2D eigenvalue weighted by molar-refractivity contribution is 5.85. The van der Waals surface area contributed by atoms with Crippen molar-refractivity contribution in [3.8, 4) is 0 Å². The zero-order valence-electron chi connectivity index (χ0n) is 16.8. The third-order valence-electron chi connectivity index (χ3n) is 5.04. The normalized spacial score (nSPS) is 14.2. The molecule has 0 saturated heterocycles. The van der Waals surface area contributed by atoms with Gasteiger partial charge in [-0.05, 0) is 37.7 Å². The molecule has 2 heterocycles. The number of benzene rings is 1. The number of halogens is 1. The van der Waals surface area contributed by atoms with Gasteiger partial charge in [-0.25, -0.2) is 14.3 Å². The maximum atomic E-state index is 12.5. The lowest BCUT2D eigenvalue weighted by molar-refractivity contribution is -0.122. The Morgan fingerprint density at radius 2 is 2.07 bits per heavy atom. The van der Waals surface area contributed by atoms with Crippen LogP contribution in [-0.4, -0.2) is 31.0 Å². The summed E-state index contributed by atoms with van der Waals surface area (Å²) in [6, 6.07) is 9.67. The van der Waals surface area contributed by atoms with Crippen molar-refractivity contribution in [3.05, 3.63) is 58.9 Å². The molecule has 0 radical (unpaired) electrons. The molecular formula is C20H26ClN7O2. The first kappa shape index (κ1) is 21.9. The number of nitrogens with two attached hydrogens (primary N) is 1. The minimum Gasteiger partial charge on any atom is -0.349 e. The highest BCUT2D eigenvalue weighted by atomic mass is 35.5. The number of rotatable bonds is 9. The maximum Gasteiger partial charge on any atom is 0.242 e. The van der Waals surface area contributed by atoms with Gasteiger partial charge in [-0.1, -0.05) is 40.6 Å². The predicted octanol–water partition coefficient (Wildman–Crippen LogP) is 1.90. The lowest BCUT2D eigenvalue weighted by Crippen LogP contribution is -2.30. The van der Waals surface area contributed by atoms with Crippen LogP contribution in [0.1, 0.15) is 47.5 Å². The smallest absolute Gasteiger partial charge is 0.242 e. The van der Waals surface area contributed by atoms with Crippen molar-refractivity contribution >= 4 is 18.3 Å². The molecular weight excluding hydrogens is 406 g/mol. The topological polar surface area (TPSA) is 125 Å². The van der Waals surface area contributed by atoms with Crippen molar-refractivity contribution in [2.75, 3.05) is 0 Å². The van der Waals surface area contributed by atoms with Gasteiger partial charge in [-0.2, -0.15) is 5.10 Å². The van der Waals surface area contributed by atoms with Crippen LogP contribution in [0.15, 0.2) is 35.0 Å². The molecule has 3 N–H and O–H groups in total. The minimum atomic E-state index is -0.340. The van der Waals surface area contributed by atoms with Crippen molar-refractivity contribution in [2.24, 2.45) is 11.7 Å². The average Bonchev–Trinajstić information content (AvgIpc) is 3.29. The van der Waals surface area contributed by atoms with E-state index in [0.717, 1.165) is 17.8 Å². The summed E-state index contributed by atoms with van der Waals surface area (Å²) < 4.78 is 6.29. The maximum absolute atomic E-state index is 12.5. The summed E-state index contributed by atoms with van der Waals surface area (Å²) in [6.07, 6.45) is 3.90. The summed E-state index contributed by atoms with van der Waals surface area (Å²) in [4.78, 5) is 17.1. The molecule has 1 saturated carbocycles. The number of hydrogen-bond donors (Lipinski definition) is 2. The first-order valence-corrected chi connectivity index (χ1v) is 9.86. The number of nitrogens with one attached hydrogen (secondary N) is 1. The van der Waals surface area contributed by atoms with Gasteiger partial charge in [0.2, 0.25) is 5.91 Å². The van der Waals surface area contributed by atoms with Crippen LogP contribution in [0.2, 0.25) is 0 Å². The molecule has 30 heavy (non-hydrogen) atoms. The Kier molecular flexibility index (Phi) is 7.17. The van der Waals surface area contributed by atoms with Gasteiger partial charge >= 0.3 is 0 Å². The van der Waals surface area contributed by atoms with Crippen LogP contribution in [0.4, 0.5) is 0 Å². The second-order valence-corrected chi connectivity index (χ2v) is 7.56. The van der Waals surface area contributed by atoms with Gasteiger partial charge in [-0.15, -0.1) is 12.4 Å². The van der Waals surface area contributed by atoms with E-state index in [9.17, 15) is 4.79 Å². The number of hydrogen-bond acceptors (Lipinski definition) is 7. The van der Waals surface area contributed by atoms with Gasteiger partial charge in [0.15, 0.2) is 5.82 Å². The van der Waals surface area contributed by atoms with E-state index in [0.29, 0.717) is 29.6 Å². The Balaban J connectivity index is 0.00000256. The van der Waals surface area contributed by atoms with E-state index >= 15 is 0 Å². The highest BCUT2D eigenvalue weighted by Crippen LogP contribution is 2.32. The fraction of sp³-hybridized carbons (Fsp3) is 0.450. The van der Waals surface area contributed by atoms with E-state index in [1.54, 1.807) is 11.6 Å². The molecule has 160 valence electrons. The standard InChI is InChI=1S/C20H25N7O2.ClH/c1-13-17(26-29-25-13)11-22-19(28)12-27-20(23-18(24-27)10-15-7-8-15)16(21)9-14-5-3-2-4-6-14;/h2-6,15-16H,7-12,21H2,1H3,(H,22,28);1H/t16-;/m1./s1. The van der Waals surface area contributed by atoms with Crippen molar-refractivity contribution in [1.82, 2.24) is 30.4 Å². The number of carbonyl (C=O) groups is 1. The van der Waals surface area contributed by atoms with Crippen molar-refractivity contribution in [3.63, 3.8) is 0 Å². The summed E-state index contributed by atoms with van der Waals surface area (Å²) in [5, 5.41) is 14.9. The minimum absolute atomic E-state index is 0. The Labute approximate surface area is 180 Å². The molecule has 0 spiro atoms. The van der Waals surface area contributed by atoms with E-state index in [-0.39, 0.29) is 37.4 Å². The average molecular weight is 432 g/mol. The first-order valence-electron chi connectivity index (χ1n) is 9.86. The van der Waals surface area contributed by atoms with Gasteiger partial charge in [0.1, 0.15) is 23.8 Å². The monoisotopic (exact) mass is 431 g/mol. The lowest BCUT2D eigenvalue weighted by atomic mass is 10.1. The highest BCUT2D eigenvalue weighted by Gasteiger charge is 2.26. The molecule has 0 bridgehead atoms. The summed E-state index contributed by atoms with van der Waals surface area (Å²) in [5.74, 6) is 1.86. The van der Waals surface area contributed by atoms with Gasteiger partial charge < -0.3 is 11.1 Å². The molecule has 1 amide bonds. The molecule has 0 aliphatic heterocycles. The number of aryl methyl sites for hydroxylation is 1. The molecule has 1 atom stereocenters. The van der Waals surface area contributed by atoms with Crippen LogP contribution in [0.5, 0.6) is 0 Å². The molecule has 3 aromatic rings. The van der Waals surface area contributed by atoms with Crippen molar-refractivity contribution < 1.29 is 9.42 Å². The molecule has 1 aliphatic rings. The van der Waals surface area contributed by atoms with Crippen LogP contribution < -0.4 is 11.1 Å². The number of aromatic nitrogens is 5. The largest absolute Gasteiger partial charge is 0.349 e. The van der Waals surface area contributed by atoms with E-state index < -0.39 is 0 Å². The molecule has 1 aliphatic carbocycles. The van der Waals surface area contributed by atoms with Gasteiger partial charge in [0, 0.05) is 6.42 Å². The van der Waals surface area contributed by atoms with E-state index in [1.807, 2.05) is 30.3 Å². The molecule has 9 nitrogen and oxygen atoms in total. The van der Waals surface area contributed by atoms with Crippen LogP contribution in [0, 0.1) is 12.8 Å². The Morgan fingerprint density at radius 1 is 1.30 bits per heavy atom. The Hall–Kier alpha value is -2.78. The Bertz CT molecular complexity index is 969. The summed E-state index contributed by atoms with van der Waals surface area (Å²) >= 11 is 0. The molecule has 2 aromatic heterocycles. The van der Waals surface area contributed by atoms with Crippen molar-refractivity contribution in [2.45, 2.75) is 51.7 Å². The molecule has 1 fully saturated rings. The summed E-state index contributed by atoms with van der Waals surface area (Å²) in [7, 11) is 0. The number of carbonyl (C=O) groups excluding carboxylic acids is 1. The van der Waals surface area contributed by atoms with Gasteiger partial charge in [0.25, 0.3) is 0 Å². The van der Waals surface area contributed by atoms with Gasteiger partial charge in [-0.3, -0.25) is 4.79 Å². The van der Waals surface area contributed by atoms with E-state index in [2.05, 4.69) is 30.3 Å². The molecule has 1 aromatic carbocycles. The molecule has 4 rings (SSSR count). The van der Waals surface area contributed by atoms with Crippen LogP contribution in [0.3, 0.4) is 0 Å². The van der Waals surface area contributed by atoms with E-state index in [4.69, 9.17) is 5.73 Å². The molecule has 10 heteroatoms. The van der Waals surface area contributed by atoms with Crippen molar-refractivity contribution in [1.29, 1.82) is 0 Å². The fourth-order valence-electron chi connectivity index (χ4n) is 3.20. The fourth-order valence-corrected chi connectivity index (χ4v) is 3.20. The molecule has 0 unspecified atom stereocenters. The Morgan fingerprint density at radius 3 is 2.73 bits per heavy atom. The first-order chi connectivity index (χ1) is 14.1.